The molecule has 4 heteroatoms. The molecule has 0 unspecified atom stereocenters. The van der Waals surface area contributed by atoms with Gasteiger partial charge in [0.1, 0.15) is 0 Å². The second-order valence-electron chi connectivity index (χ2n) is 5.24. The van der Waals surface area contributed by atoms with Crippen molar-refractivity contribution in [1.29, 1.82) is 0 Å². The van der Waals surface area contributed by atoms with Gasteiger partial charge in [-0.3, -0.25) is 0 Å². The Morgan fingerprint density at radius 1 is 0.696 bits per heavy atom. The van der Waals surface area contributed by atoms with Gasteiger partial charge >= 0.3 is 0 Å². The Hall–Kier alpha value is -2.75. The van der Waals surface area contributed by atoms with E-state index in [1.54, 1.807) is 48.5 Å². The SMILES string of the molecule is Nc1cc(F)c(F)c(F)c1C(c1ccccc1)c1ccccc1. The fraction of sp³-hybridized carbons (Fsp3) is 0.0526. The molecule has 0 aromatic heterocycles. The topological polar surface area (TPSA) is 26.0 Å². The maximum atomic E-state index is 14.4. The fourth-order valence-corrected chi connectivity index (χ4v) is 2.74. The Morgan fingerprint density at radius 3 is 1.65 bits per heavy atom. The lowest BCUT2D eigenvalue weighted by Crippen LogP contribution is -2.11. The summed E-state index contributed by atoms with van der Waals surface area (Å²) in [5, 5.41) is 0. The molecule has 3 aromatic rings. The quantitative estimate of drug-likeness (QED) is 0.417. The first-order chi connectivity index (χ1) is 11.1. The Bertz CT molecular complexity index is 778. The molecule has 1 nitrogen and oxygen atoms in total. The van der Waals surface area contributed by atoms with E-state index in [1.165, 1.54) is 0 Å². The molecule has 0 saturated heterocycles. The Labute approximate surface area is 132 Å². The van der Waals surface area contributed by atoms with Crippen molar-refractivity contribution < 1.29 is 13.2 Å². The third-order valence-electron chi connectivity index (χ3n) is 3.79. The molecule has 0 aliphatic rings. The van der Waals surface area contributed by atoms with Crippen LogP contribution in [0.25, 0.3) is 0 Å². The molecule has 2 N–H and O–H groups in total. The van der Waals surface area contributed by atoms with Crippen molar-refractivity contribution in [3.63, 3.8) is 0 Å². The molecule has 0 saturated carbocycles. The number of anilines is 1. The van der Waals surface area contributed by atoms with Crippen molar-refractivity contribution in [1.82, 2.24) is 0 Å². The predicted octanol–water partition coefficient (Wildman–Crippen LogP) is 4.87. The summed E-state index contributed by atoms with van der Waals surface area (Å²) in [5.41, 5.74) is 7.15. The Morgan fingerprint density at radius 2 is 1.17 bits per heavy atom. The number of hydrogen-bond donors (Lipinski definition) is 1. The first kappa shape index (κ1) is 15.2. The molecule has 0 fully saturated rings. The van der Waals surface area contributed by atoms with Crippen LogP contribution in [-0.2, 0) is 0 Å². The number of benzene rings is 3. The number of nitrogens with two attached hydrogens (primary N) is 1. The summed E-state index contributed by atoms with van der Waals surface area (Å²) in [4.78, 5) is 0. The van der Waals surface area contributed by atoms with Gasteiger partial charge in [0.15, 0.2) is 17.5 Å². The minimum Gasteiger partial charge on any atom is -0.398 e. The summed E-state index contributed by atoms with van der Waals surface area (Å²) in [7, 11) is 0. The zero-order chi connectivity index (χ0) is 16.4. The summed E-state index contributed by atoms with van der Waals surface area (Å²) in [5.74, 6) is -4.66. The van der Waals surface area contributed by atoms with E-state index < -0.39 is 23.4 Å². The molecule has 0 amide bonds. The third-order valence-corrected chi connectivity index (χ3v) is 3.79. The van der Waals surface area contributed by atoms with Crippen molar-refractivity contribution in [2.24, 2.45) is 0 Å². The highest BCUT2D eigenvalue weighted by Gasteiger charge is 2.26. The predicted molar refractivity (Wildman–Crippen MR) is 84.6 cm³/mol. The average molecular weight is 313 g/mol. The van der Waals surface area contributed by atoms with Crippen LogP contribution >= 0.6 is 0 Å². The molecule has 0 spiro atoms. The van der Waals surface area contributed by atoms with Crippen LogP contribution in [0.4, 0.5) is 18.9 Å². The molecule has 0 aliphatic heterocycles. The smallest absolute Gasteiger partial charge is 0.194 e. The first-order valence-corrected chi connectivity index (χ1v) is 7.12. The molecular formula is C19H14F3N. The van der Waals surface area contributed by atoms with Crippen LogP contribution in [0.5, 0.6) is 0 Å². The van der Waals surface area contributed by atoms with Gasteiger partial charge in [-0.2, -0.15) is 0 Å². The average Bonchev–Trinajstić information content (AvgIpc) is 2.58. The van der Waals surface area contributed by atoms with E-state index in [1.807, 2.05) is 12.1 Å². The zero-order valence-corrected chi connectivity index (χ0v) is 12.1. The highest BCUT2D eigenvalue weighted by atomic mass is 19.2. The molecule has 0 bridgehead atoms. The van der Waals surface area contributed by atoms with Crippen LogP contribution in [0.3, 0.4) is 0 Å². The molecule has 3 aromatic carbocycles. The second kappa shape index (κ2) is 6.16. The van der Waals surface area contributed by atoms with Crippen LogP contribution in [0, 0.1) is 17.5 Å². The first-order valence-electron chi connectivity index (χ1n) is 7.12. The van der Waals surface area contributed by atoms with E-state index in [0.29, 0.717) is 0 Å². The van der Waals surface area contributed by atoms with Crippen molar-refractivity contribution in [2.45, 2.75) is 5.92 Å². The summed E-state index contributed by atoms with van der Waals surface area (Å²) in [6.07, 6.45) is 0. The standard InChI is InChI=1S/C19H14F3N/c20-14-11-15(23)17(19(22)18(14)21)16(12-7-3-1-4-8-12)13-9-5-2-6-10-13/h1-11,16H,23H2. The summed E-state index contributed by atoms with van der Waals surface area (Å²) >= 11 is 0. The summed E-state index contributed by atoms with van der Waals surface area (Å²) in [6.45, 7) is 0. The molecular weight excluding hydrogens is 299 g/mol. The van der Waals surface area contributed by atoms with Gasteiger partial charge in [-0.15, -0.1) is 0 Å². The molecule has 0 atom stereocenters. The highest BCUT2D eigenvalue weighted by molar-refractivity contribution is 5.57. The Balaban J connectivity index is 2.28. The van der Waals surface area contributed by atoms with Gasteiger partial charge in [-0.05, 0) is 11.1 Å². The van der Waals surface area contributed by atoms with Gasteiger partial charge in [-0.25, -0.2) is 13.2 Å². The lowest BCUT2D eigenvalue weighted by molar-refractivity contribution is 0.441. The minimum absolute atomic E-state index is 0.0544. The molecule has 23 heavy (non-hydrogen) atoms. The molecule has 0 heterocycles. The van der Waals surface area contributed by atoms with E-state index >= 15 is 0 Å². The van der Waals surface area contributed by atoms with Gasteiger partial charge in [0.25, 0.3) is 0 Å². The largest absolute Gasteiger partial charge is 0.398 e. The van der Waals surface area contributed by atoms with Crippen molar-refractivity contribution >= 4 is 5.69 Å². The lowest BCUT2D eigenvalue weighted by atomic mass is 9.84. The van der Waals surface area contributed by atoms with Crippen molar-refractivity contribution in [3.8, 4) is 0 Å². The maximum Gasteiger partial charge on any atom is 0.194 e. The van der Waals surface area contributed by atoms with Crippen molar-refractivity contribution in [3.05, 3.63) is 101 Å². The monoisotopic (exact) mass is 313 g/mol. The van der Waals surface area contributed by atoms with Gasteiger partial charge in [0.05, 0.1) is 0 Å². The molecule has 0 aliphatic carbocycles. The number of nitrogen functional groups attached to an aromatic ring is 1. The third kappa shape index (κ3) is 2.80. The van der Waals surface area contributed by atoms with E-state index in [0.717, 1.165) is 17.2 Å². The van der Waals surface area contributed by atoms with Crippen LogP contribution in [0.15, 0.2) is 66.7 Å². The van der Waals surface area contributed by atoms with Crippen LogP contribution in [0.2, 0.25) is 0 Å². The highest BCUT2D eigenvalue weighted by Crippen LogP contribution is 2.38. The van der Waals surface area contributed by atoms with E-state index in [2.05, 4.69) is 0 Å². The van der Waals surface area contributed by atoms with Gasteiger partial charge in [-0.1, -0.05) is 60.7 Å². The number of rotatable bonds is 3. The van der Waals surface area contributed by atoms with Crippen molar-refractivity contribution in [2.75, 3.05) is 5.73 Å². The second-order valence-corrected chi connectivity index (χ2v) is 5.24. The minimum atomic E-state index is -1.51. The Kier molecular flexibility index (Phi) is 4.06. The molecule has 0 radical (unpaired) electrons. The molecule has 116 valence electrons. The van der Waals surface area contributed by atoms with E-state index in [9.17, 15) is 13.2 Å². The van der Waals surface area contributed by atoms with Gasteiger partial charge in [0.2, 0.25) is 0 Å². The lowest BCUT2D eigenvalue weighted by Gasteiger charge is -2.21. The number of hydrogen-bond acceptors (Lipinski definition) is 1. The normalized spacial score (nSPS) is 11.0. The van der Waals surface area contributed by atoms with Gasteiger partial charge < -0.3 is 5.73 Å². The molecule has 3 rings (SSSR count). The van der Waals surface area contributed by atoms with E-state index in [-0.39, 0.29) is 11.3 Å². The number of halogens is 3. The van der Waals surface area contributed by atoms with Crippen LogP contribution < -0.4 is 5.73 Å². The maximum absolute atomic E-state index is 14.4. The fourth-order valence-electron chi connectivity index (χ4n) is 2.74. The van der Waals surface area contributed by atoms with Crippen LogP contribution in [0.1, 0.15) is 22.6 Å². The van der Waals surface area contributed by atoms with Gasteiger partial charge in [0, 0.05) is 23.2 Å². The summed E-state index contributed by atoms with van der Waals surface area (Å²) in [6, 6.07) is 18.9. The zero-order valence-electron chi connectivity index (χ0n) is 12.1. The van der Waals surface area contributed by atoms with Crippen LogP contribution in [-0.4, -0.2) is 0 Å². The van der Waals surface area contributed by atoms with E-state index in [4.69, 9.17) is 5.73 Å². The summed E-state index contributed by atoms with van der Waals surface area (Å²) < 4.78 is 41.6.